The maximum Gasteiger partial charge on any atom is 0.0487 e. The molecule has 0 amide bonds. The number of nitrogens with zero attached hydrogens (tertiary/aromatic N) is 1. The number of allylic oxidation sites excluding steroid dienone is 7. The second-order valence-corrected chi connectivity index (χ2v) is 5.19. The minimum Gasteiger partial charge on any atom is -0.314 e. The van der Waals surface area contributed by atoms with Gasteiger partial charge in [0.1, 0.15) is 0 Å². The smallest absolute Gasteiger partial charge is 0.0487 e. The molecule has 1 nitrogen and oxygen atoms in total. The fraction of sp³-hybridized carbons (Fsp3) is 0.333. The number of benzene rings is 1. The van der Waals surface area contributed by atoms with Gasteiger partial charge in [-0.2, -0.15) is 0 Å². The Morgan fingerprint density at radius 1 is 1.08 bits per heavy atom. The van der Waals surface area contributed by atoms with Crippen LogP contribution in [0, 0.1) is 6.92 Å². The van der Waals surface area contributed by atoms with Crippen molar-refractivity contribution >= 4 is 5.69 Å². The van der Waals surface area contributed by atoms with Crippen molar-refractivity contribution in [3.05, 3.63) is 90.8 Å². The largest absolute Gasteiger partial charge is 0.314 e. The first-order valence-corrected chi connectivity index (χ1v) is 9.17. The lowest BCUT2D eigenvalue weighted by atomic mass is 10.1. The van der Waals surface area contributed by atoms with Gasteiger partial charge in [-0.1, -0.05) is 83.7 Å². The summed E-state index contributed by atoms with van der Waals surface area (Å²) >= 11 is 0. The lowest BCUT2D eigenvalue weighted by Crippen LogP contribution is -2.20. The van der Waals surface area contributed by atoms with Crippen molar-refractivity contribution in [2.75, 3.05) is 4.90 Å². The zero-order valence-electron chi connectivity index (χ0n) is 17.3. The predicted molar refractivity (Wildman–Crippen MR) is 118 cm³/mol. The minimum absolute atomic E-state index is 1.01. The molecule has 0 N–H and O–H groups in total. The van der Waals surface area contributed by atoms with E-state index in [1.54, 1.807) is 6.08 Å². The van der Waals surface area contributed by atoms with Crippen molar-refractivity contribution in [3.63, 3.8) is 0 Å². The van der Waals surface area contributed by atoms with Crippen LogP contribution in [0.1, 0.15) is 53.5 Å². The van der Waals surface area contributed by atoms with Crippen LogP contribution in [0.2, 0.25) is 0 Å². The van der Waals surface area contributed by atoms with Crippen LogP contribution >= 0.6 is 0 Å². The number of hydrogen-bond acceptors (Lipinski definition) is 1. The normalized spacial score (nSPS) is 11.0. The highest BCUT2D eigenvalue weighted by molar-refractivity contribution is 5.64. The molecular formula is C24H37N. The summed E-state index contributed by atoms with van der Waals surface area (Å²) in [6, 6.07) is 8.32. The van der Waals surface area contributed by atoms with E-state index in [9.17, 15) is 0 Å². The van der Waals surface area contributed by atoms with E-state index in [1.807, 2.05) is 57.2 Å². The summed E-state index contributed by atoms with van der Waals surface area (Å²) < 4.78 is 0. The molecule has 1 aromatic carbocycles. The summed E-state index contributed by atoms with van der Waals surface area (Å²) in [5.74, 6) is 0. The van der Waals surface area contributed by atoms with E-state index >= 15 is 0 Å². The molecule has 25 heavy (non-hydrogen) atoms. The molecule has 0 saturated heterocycles. The van der Waals surface area contributed by atoms with Gasteiger partial charge in [0.15, 0.2) is 0 Å². The van der Waals surface area contributed by atoms with Crippen LogP contribution in [-0.2, 0) is 0 Å². The van der Waals surface area contributed by atoms with Gasteiger partial charge in [-0.05, 0) is 50.6 Å². The van der Waals surface area contributed by atoms with Gasteiger partial charge in [-0.15, -0.1) is 0 Å². The van der Waals surface area contributed by atoms with Crippen molar-refractivity contribution in [1.29, 1.82) is 0 Å². The molecule has 0 bridgehead atoms. The summed E-state index contributed by atoms with van der Waals surface area (Å²) in [6.45, 7) is 22.2. The highest BCUT2D eigenvalue weighted by atomic mass is 15.1. The molecule has 0 aliphatic heterocycles. The fourth-order valence-corrected chi connectivity index (χ4v) is 2.01. The van der Waals surface area contributed by atoms with Gasteiger partial charge in [-0.3, -0.25) is 0 Å². The van der Waals surface area contributed by atoms with Crippen molar-refractivity contribution in [1.82, 2.24) is 0 Å². The Morgan fingerprint density at radius 2 is 1.64 bits per heavy atom. The summed E-state index contributed by atoms with van der Waals surface area (Å²) in [5, 5.41) is 0. The summed E-state index contributed by atoms with van der Waals surface area (Å²) in [7, 11) is 0. The van der Waals surface area contributed by atoms with Crippen molar-refractivity contribution < 1.29 is 0 Å². The van der Waals surface area contributed by atoms with Gasteiger partial charge in [0.25, 0.3) is 0 Å². The van der Waals surface area contributed by atoms with E-state index < -0.39 is 0 Å². The second-order valence-electron chi connectivity index (χ2n) is 5.19. The third kappa shape index (κ3) is 9.56. The molecule has 0 radical (unpaired) electrons. The average molecular weight is 340 g/mol. The Labute approximate surface area is 156 Å². The lowest BCUT2D eigenvalue weighted by molar-refractivity contribution is 1.09. The Balaban J connectivity index is 0. The van der Waals surface area contributed by atoms with Crippen LogP contribution in [0.15, 0.2) is 85.3 Å². The van der Waals surface area contributed by atoms with E-state index in [0.717, 1.165) is 17.1 Å². The standard InChI is InChI=1S/C19H23N.C3H8.C2H6/c1-6-9-14-17(5)20(18(8-3)12-7-2)19-15-11-10-13-16(19)4;1-3-2;1-2/h6-15H,2-3H2,1,4-5H3;3H2,1-2H3;1-2H3/b9-6-,17-14+,18-12+;;. The minimum atomic E-state index is 1.01. The molecular weight excluding hydrogens is 302 g/mol. The van der Waals surface area contributed by atoms with E-state index in [1.165, 1.54) is 12.0 Å². The average Bonchev–Trinajstić information content (AvgIpc) is 2.63. The van der Waals surface area contributed by atoms with Crippen LogP contribution in [0.25, 0.3) is 0 Å². The summed E-state index contributed by atoms with van der Waals surface area (Å²) in [5.41, 5.74) is 4.51. The SMILES string of the molecule is C=C/C=C(\C=C)N(/C(C)=C/C=C\C)c1ccccc1C.CC.CCC. The highest BCUT2D eigenvalue weighted by Gasteiger charge is 2.12. The fourth-order valence-electron chi connectivity index (χ4n) is 2.01. The second kappa shape index (κ2) is 16.6. The molecule has 1 aromatic rings. The van der Waals surface area contributed by atoms with Gasteiger partial charge in [0.2, 0.25) is 0 Å². The number of aryl methyl sites for hydroxylation is 1. The van der Waals surface area contributed by atoms with Gasteiger partial charge < -0.3 is 4.90 Å². The Hall–Kier alpha value is -2.28. The molecule has 138 valence electrons. The Kier molecular flexibility index (Phi) is 16.6. The third-order valence-corrected chi connectivity index (χ3v) is 2.99. The van der Waals surface area contributed by atoms with E-state index in [0.29, 0.717) is 0 Å². The van der Waals surface area contributed by atoms with Gasteiger partial charge in [0.05, 0.1) is 0 Å². The molecule has 0 heterocycles. The molecule has 0 aliphatic carbocycles. The van der Waals surface area contributed by atoms with Crippen molar-refractivity contribution in [3.8, 4) is 0 Å². The molecule has 0 atom stereocenters. The predicted octanol–water partition coefficient (Wildman–Crippen LogP) is 7.98. The van der Waals surface area contributed by atoms with Crippen LogP contribution < -0.4 is 4.90 Å². The van der Waals surface area contributed by atoms with Gasteiger partial charge in [-0.25, -0.2) is 0 Å². The van der Waals surface area contributed by atoms with E-state index in [-0.39, 0.29) is 0 Å². The molecule has 0 aromatic heterocycles. The number of para-hydroxylation sites is 1. The van der Waals surface area contributed by atoms with Gasteiger partial charge >= 0.3 is 0 Å². The third-order valence-electron chi connectivity index (χ3n) is 2.99. The zero-order valence-corrected chi connectivity index (χ0v) is 17.3. The quantitative estimate of drug-likeness (QED) is 0.475. The van der Waals surface area contributed by atoms with E-state index in [2.05, 4.69) is 64.0 Å². The number of anilines is 1. The van der Waals surface area contributed by atoms with Crippen molar-refractivity contribution in [2.45, 2.75) is 54.9 Å². The first-order chi connectivity index (χ1) is 12.1. The molecule has 1 rings (SSSR count). The first kappa shape index (κ1) is 25.0. The Morgan fingerprint density at radius 3 is 2.08 bits per heavy atom. The Bertz CT molecular complexity index is 574. The molecule has 0 unspecified atom stereocenters. The number of rotatable bonds is 6. The summed E-state index contributed by atoms with van der Waals surface area (Å²) in [6.07, 6.45) is 13.0. The maximum atomic E-state index is 3.92. The molecule has 0 aliphatic rings. The lowest BCUT2D eigenvalue weighted by Gasteiger charge is -2.28. The maximum absolute atomic E-state index is 3.92. The number of hydrogen-bond donors (Lipinski definition) is 0. The summed E-state index contributed by atoms with van der Waals surface area (Å²) in [4.78, 5) is 2.18. The van der Waals surface area contributed by atoms with Crippen LogP contribution in [0.3, 0.4) is 0 Å². The van der Waals surface area contributed by atoms with Crippen molar-refractivity contribution in [2.24, 2.45) is 0 Å². The topological polar surface area (TPSA) is 3.24 Å². The molecule has 0 saturated carbocycles. The first-order valence-electron chi connectivity index (χ1n) is 9.17. The highest BCUT2D eigenvalue weighted by Crippen LogP contribution is 2.28. The van der Waals surface area contributed by atoms with Crippen LogP contribution in [-0.4, -0.2) is 0 Å². The zero-order chi connectivity index (χ0) is 19.7. The molecule has 0 fully saturated rings. The molecule has 0 spiro atoms. The monoisotopic (exact) mass is 339 g/mol. The molecule has 1 heteroatoms. The van der Waals surface area contributed by atoms with Crippen LogP contribution in [0.5, 0.6) is 0 Å². The van der Waals surface area contributed by atoms with Gasteiger partial charge in [0, 0.05) is 17.1 Å². The van der Waals surface area contributed by atoms with E-state index in [4.69, 9.17) is 0 Å². The van der Waals surface area contributed by atoms with Crippen LogP contribution in [0.4, 0.5) is 5.69 Å².